The van der Waals surface area contributed by atoms with Gasteiger partial charge in [0.05, 0.1) is 10.7 Å². The van der Waals surface area contributed by atoms with Gasteiger partial charge in [-0.15, -0.1) is 0 Å². The number of nitrogens with two attached hydrogens (primary N) is 1. The Morgan fingerprint density at radius 1 is 1.19 bits per heavy atom. The molecule has 10 heteroatoms. The van der Waals surface area contributed by atoms with Crippen molar-refractivity contribution in [3.05, 3.63) is 63.5 Å². The number of primary amides is 1. The Kier molecular flexibility index (Phi) is 7.30. The average Bonchev–Trinajstić information content (AvgIpc) is 2.72. The van der Waals surface area contributed by atoms with E-state index in [1.165, 1.54) is 24.4 Å². The first-order valence-corrected chi connectivity index (χ1v) is 9.79. The summed E-state index contributed by atoms with van der Waals surface area (Å²) in [4.78, 5) is 34.0. The Labute approximate surface area is 181 Å². The second-order valence-electron chi connectivity index (χ2n) is 6.73. The van der Waals surface area contributed by atoms with Gasteiger partial charge in [-0.05, 0) is 43.0 Å². The number of H-pyrrole nitrogens is 1. The number of nitrogens with zero attached hydrogens (tertiary/aromatic N) is 2. The highest BCUT2D eigenvalue weighted by atomic mass is 35.5. The number of nitrogens with one attached hydrogen (secondary N) is 1. The van der Waals surface area contributed by atoms with Crippen LogP contribution in [0.25, 0.3) is 22.6 Å². The first kappa shape index (κ1) is 22.4. The molecular formula is C21H19ClF2N4O3. The van der Waals surface area contributed by atoms with Crippen LogP contribution < -0.4 is 16.0 Å². The number of rotatable bonds is 9. The van der Waals surface area contributed by atoms with Gasteiger partial charge < -0.3 is 15.5 Å². The number of benzene rings is 1. The fourth-order valence-corrected chi connectivity index (χ4v) is 3.17. The van der Waals surface area contributed by atoms with Crippen molar-refractivity contribution in [2.24, 2.45) is 5.73 Å². The number of pyridine rings is 1. The number of carbonyl (C=O) groups excluding carboxylic acids is 1. The van der Waals surface area contributed by atoms with Crippen LogP contribution in [0.3, 0.4) is 0 Å². The van der Waals surface area contributed by atoms with E-state index in [-0.39, 0.29) is 17.6 Å². The van der Waals surface area contributed by atoms with Crippen LogP contribution in [0.2, 0.25) is 5.02 Å². The second kappa shape index (κ2) is 10.1. The molecule has 0 aliphatic rings. The zero-order valence-electron chi connectivity index (χ0n) is 16.3. The molecule has 3 aromatic rings. The van der Waals surface area contributed by atoms with Crippen molar-refractivity contribution in [1.82, 2.24) is 15.0 Å². The lowest BCUT2D eigenvalue weighted by molar-refractivity contribution is -0.118. The Balaban J connectivity index is 1.86. The molecule has 3 rings (SSSR count). The largest absolute Gasteiger partial charge is 0.417 e. The van der Waals surface area contributed by atoms with Gasteiger partial charge in [0.15, 0.2) is 0 Å². The average molecular weight is 449 g/mol. The summed E-state index contributed by atoms with van der Waals surface area (Å²) in [6.45, 7) is -2.98. The molecule has 1 aromatic carbocycles. The summed E-state index contributed by atoms with van der Waals surface area (Å²) in [5.41, 5.74) is 7.01. The van der Waals surface area contributed by atoms with E-state index < -0.39 is 12.2 Å². The molecule has 2 heterocycles. The van der Waals surface area contributed by atoms with E-state index in [2.05, 4.69) is 19.7 Å². The van der Waals surface area contributed by atoms with Gasteiger partial charge in [-0.2, -0.15) is 8.78 Å². The van der Waals surface area contributed by atoms with Crippen molar-refractivity contribution in [2.75, 3.05) is 0 Å². The highest BCUT2D eigenvalue weighted by molar-refractivity contribution is 6.33. The van der Waals surface area contributed by atoms with Gasteiger partial charge in [0.2, 0.25) is 11.8 Å². The fourth-order valence-electron chi connectivity index (χ4n) is 2.96. The van der Waals surface area contributed by atoms with Crippen LogP contribution in [0, 0.1) is 0 Å². The van der Waals surface area contributed by atoms with Gasteiger partial charge in [0.25, 0.3) is 5.56 Å². The molecule has 162 valence electrons. The number of unbranched alkanes of at least 4 members (excludes halogenated alkanes) is 1. The van der Waals surface area contributed by atoms with Crippen molar-refractivity contribution in [2.45, 2.75) is 32.3 Å². The van der Waals surface area contributed by atoms with E-state index in [9.17, 15) is 18.4 Å². The minimum atomic E-state index is -2.98. The Morgan fingerprint density at radius 3 is 2.68 bits per heavy atom. The number of ether oxygens (including phenoxy) is 1. The molecule has 3 N–H and O–H groups in total. The van der Waals surface area contributed by atoms with Crippen LogP contribution in [0.5, 0.6) is 5.88 Å². The van der Waals surface area contributed by atoms with Crippen LogP contribution in [-0.2, 0) is 11.2 Å². The fraction of sp³-hybridized carbons (Fsp3) is 0.238. The molecule has 31 heavy (non-hydrogen) atoms. The monoisotopic (exact) mass is 448 g/mol. The molecule has 0 saturated heterocycles. The van der Waals surface area contributed by atoms with Crippen molar-refractivity contribution in [1.29, 1.82) is 0 Å². The number of hydrogen-bond donors (Lipinski definition) is 2. The number of aromatic nitrogens is 3. The molecule has 1 amide bonds. The first-order valence-electron chi connectivity index (χ1n) is 9.41. The number of hydrogen-bond acceptors (Lipinski definition) is 5. The third-order valence-corrected chi connectivity index (χ3v) is 4.74. The minimum Gasteiger partial charge on any atom is -0.417 e. The van der Waals surface area contributed by atoms with Crippen molar-refractivity contribution >= 4 is 17.5 Å². The van der Waals surface area contributed by atoms with Gasteiger partial charge in [-0.25, -0.2) is 9.97 Å². The molecule has 0 spiro atoms. The van der Waals surface area contributed by atoms with Gasteiger partial charge in [0.1, 0.15) is 5.82 Å². The van der Waals surface area contributed by atoms with Crippen molar-refractivity contribution in [3.8, 4) is 28.5 Å². The van der Waals surface area contributed by atoms with E-state index in [1.54, 1.807) is 6.07 Å². The molecule has 0 aliphatic carbocycles. The van der Waals surface area contributed by atoms with E-state index in [0.29, 0.717) is 41.1 Å². The summed E-state index contributed by atoms with van der Waals surface area (Å²) in [5, 5.41) is 0.403. The van der Waals surface area contributed by atoms with Gasteiger partial charge in [0, 0.05) is 35.9 Å². The normalized spacial score (nSPS) is 11.0. The molecule has 7 nitrogen and oxygen atoms in total. The highest BCUT2D eigenvalue weighted by Gasteiger charge is 2.12. The first-order chi connectivity index (χ1) is 14.8. The smallest absolute Gasteiger partial charge is 0.388 e. The Morgan fingerprint density at radius 2 is 2.00 bits per heavy atom. The summed E-state index contributed by atoms with van der Waals surface area (Å²) < 4.78 is 28.8. The van der Waals surface area contributed by atoms with Crippen LogP contribution in [0.4, 0.5) is 8.78 Å². The molecule has 0 unspecified atom stereocenters. The molecule has 0 radical (unpaired) electrons. The minimum absolute atomic E-state index is 0.240. The van der Waals surface area contributed by atoms with E-state index in [0.717, 1.165) is 12.0 Å². The summed E-state index contributed by atoms with van der Waals surface area (Å²) in [6.07, 6.45) is 3.77. The number of alkyl halides is 2. The third-order valence-electron chi connectivity index (χ3n) is 4.41. The van der Waals surface area contributed by atoms with Gasteiger partial charge in [-0.3, -0.25) is 9.59 Å². The van der Waals surface area contributed by atoms with Crippen LogP contribution >= 0.6 is 11.6 Å². The molecule has 0 bridgehead atoms. The summed E-state index contributed by atoms with van der Waals surface area (Å²) in [6, 6.07) is 9.42. The maximum absolute atomic E-state index is 12.3. The number of amides is 1. The van der Waals surface area contributed by atoms with Gasteiger partial charge >= 0.3 is 6.61 Å². The molecule has 0 atom stereocenters. The summed E-state index contributed by atoms with van der Waals surface area (Å²) in [5.74, 6) is -0.311. The maximum Gasteiger partial charge on any atom is 0.388 e. The number of aromatic amines is 1. The number of halogens is 3. The van der Waals surface area contributed by atoms with E-state index in [4.69, 9.17) is 17.3 Å². The van der Waals surface area contributed by atoms with Crippen molar-refractivity contribution in [3.63, 3.8) is 0 Å². The molecule has 2 aromatic heterocycles. The highest BCUT2D eigenvalue weighted by Crippen LogP contribution is 2.28. The van der Waals surface area contributed by atoms with E-state index in [1.807, 2.05) is 12.1 Å². The Hall–Kier alpha value is -3.33. The quantitative estimate of drug-likeness (QED) is 0.481. The van der Waals surface area contributed by atoms with Crippen LogP contribution in [0.15, 0.2) is 47.4 Å². The zero-order valence-corrected chi connectivity index (χ0v) is 17.0. The number of carbonyl (C=O) groups is 1. The predicted molar refractivity (Wildman–Crippen MR) is 112 cm³/mol. The molecule has 0 aliphatic heterocycles. The second-order valence-corrected chi connectivity index (χ2v) is 7.14. The lowest BCUT2D eigenvalue weighted by Gasteiger charge is -2.09. The Bertz CT molecular complexity index is 1120. The standard InChI is InChI=1S/C21H19ClF2N4O3/c22-15-7-5-12(3-1-2-4-17(25)29)9-14(15)20-27-16(10-18(30)28-20)13-6-8-19(26-11-13)31-21(23)24/h5-11,21H,1-4H2,(H2,25,29)(H,27,28,30). The summed E-state index contributed by atoms with van der Waals surface area (Å²) in [7, 11) is 0. The lowest BCUT2D eigenvalue weighted by atomic mass is 10.0. The van der Waals surface area contributed by atoms with Gasteiger partial charge in [-0.1, -0.05) is 17.7 Å². The predicted octanol–water partition coefficient (Wildman–Crippen LogP) is 3.95. The lowest BCUT2D eigenvalue weighted by Crippen LogP contribution is -2.10. The van der Waals surface area contributed by atoms with Crippen LogP contribution in [-0.4, -0.2) is 27.5 Å². The molecular weight excluding hydrogens is 430 g/mol. The topological polar surface area (TPSA) is 111 Å². The van der Waals surface area contributed by atoms with E-state index >= 15 is 0 Å². The molecule has 0 saturated carbocycles. The number of aryl methyl sites for hydroxylation is 1. The zero-order chi connectivity index (χ0) is 22.4. The third kappa shape index (κ3) is 6.32. The summed E-state index contributed by atoms with van der Waals surface area (Å²) >= 11 is 6.33. The molecule has 0 fully saturated rings. The SMILES string of the molecule is NC(=O)CCCCc1ccc(Cl)c(-c2nc(-c3ccc(OC(F)F)nc3)cc(=O)[nH]2)c1. The maximum atomic E-state index is 12.3. The van der Waals surface area contributed by atoms with Crippen molar-refractivity contribution < 1.29 is 18.3 Å². The van der Waals surface area contributed by atoms with Crippen LogP contribution in [0.1, 0.15) is 24.8 Å².